The zero-order valence-corrected chi connectivity index (χ0v) is 20.8. The van der Waals surface area contributed by atoms with Crippen molar-refractivity contribution in [1.29, 1.82) is 0 Å². The van der Waals surface area contributed by atoms with Gasteiger partial charge in [0.1, 0.15) is 0 Å². The SMILES string of the molecule is CCn1c2nssc-2nc(=S)/c1=N\SS/N=c1\c(=S)nc2ssnc-2n1CC. The molecule has 8 nitrogen and oxygen atoms in total. The number of hydrogen-bond donors (Lipinski definition) is 0. The summed E-state index contributed by atoms with van der Waals surface area (Å²) in [5.41, 5.74) is 1.24. The summed E-state index contributed by atoms with van der Waals surface area (Å²) in [6.07, 6.45) is 0. The van der Waals surface area contributed by atoms with Gasteiger partial charge in [0, 0.05) is 34.2 Å². The summed E-state index contributed by atoms with van der Waals surface area (Å²) in [4.78, 5) is 8.86. The van der Waals surface area contributed by atoms with Crippen LogP contribution in [0.5, 0.6) is 0 Å². The van der Waals surface area contributed by atoms with Crippen LogP contribution in [0.15, 0.2) is 8.80 Å². The number of rotatable bonds is 5. The molecule has 4 aliphatic rings. The summed E-state index contributed by atoms with van der Waals surface area (Å²) in [7, 11) is 8.24. The van der Waals surface area contributed by atoms with E-state index >= 15 is 0 Å². The van der Waals surface area contributed by atoms with Gasteiger partial charge in [0.25, 0.3) is 0 Å². The summed E-state index contributed by atoms with van der Waals surface area (Å²) in [5, 5.41) is 1.67. The fourth-order valence-electron chi connectivity index (χ4n) is 2.39. The number of aromatic nitrogens is 6. The van der Waals surface area contributed by atoms with E-state index in [1.807, 2.05) is 23.0 Å². The van der Waals surface area contributed by atoms with Gasteiger partial charge >= 0.3 is 0 Å². The molecule has 16 heteroatoms. The predicted molar refractivity (Wildman–Crippen MR) is 124 cm³/mol. The third-order valence-corrected chi connectivity index (χ3v) is 8.69. The quantitative estimate of drug-likeness (QED) is 0.163. The summed E-state index contributed by atoms with van der Waals surface area (Å²) < 4.78 is 22.7. The Bertz CT molecular complexity index is 1200. The highest BCUT2D eigenvalue weighted by molar-refractivity contribution is 8.75. The molecule has 0 N–H and O–H groups in total. The van der Waals surface area contributed by atoms with Crippen LogP contribution in [0.3, 0.4) is 0 Å². The van der Waals surface area contributed by atoms with Gasteiger partial charge in [0.2, 0.25) is 0 Å². The molecule has 4 rings (SSSR count). The van der Waals surface area contributed by atoms with Crippen molar-refractivity contribution in [2.75, 3.05) is 0 Å². The van der Waals surface area contributed by atoms with Crippen molar-refractivity contribution in [3.05, 3.63) is 20.3 Å². The Hall–Kier alpha value is -0.620. The molecule has 0 aromatic rings. The summed E-state index contributed by atoms with van der Waals surface area (Å²) >= 11 is 10.8. The molecule has 0 aromatic heterocycles. The Morgan fingerprint density at radius 3 is 1.64 bits per heavy atom. The molecule has 146 valence electrons. The standard InChI is InChI=1S/C12H10N8S8/c1-3-19-5(9(21)13-11-7(19)17-25-23-11)15-27-28-16-6-10(22)14-12-8(18-26-24-12)20(6)4-2/h3-4H2,1-2H3/b15-5+,16-6+. The normalized spacial score (nSPS) is 13.2. The zero-order valence-electron chi connectivity index (χ0n) is 14.3. The number of hydrogen-bond acceptors (Lipinski definition) is 14. The van der Waals surface area contributed by atoms with Crippen molar-refractivity contribution in [2.24, 2.45) is 8.80 Å². The van der Waals surface area contributed by atoms with Gasteiger partial charge in [-0.25, -0.2) is 9.97 Å². The Morgan fingerprint density at radius 2 is 1.25 bits per heavy atom. The van der Waals surface area contributed by atoms with Crippen LogP contribution in [0.25, 0.3) is 21.7 Å². The van der Waals surface area contributed by atoms with Crippen molar-refractivity contribution in [1.82, 2.24) is 27.8 Å². The Morgan fingerprint density at radius 1 is 0.821 bits per heavy atom. The van der Waals surface area contributed by atoms with E-state index in [9.17, 15) is 0 Å². The first-order valence-electron chi connectivity index (χ1n) is 7.78. The van der Waals surface area contributed by atoms with Crippen molar-refractivity contribution in [3.8, 4) is 21.7 Å². The monoisotopic (exact) mass is 522 g/mol. The largest absolute Gasteiger partial charge is 0.305 e. The van der Waals surface area contributed by atoms with Crippen LogP contribution in [0.1, 0.15) is 13.8 Å². The molecule has 0 saturated carbocycles. The maximum atomic E-state index is 5.41. The second kappa shape index (κ2) is 9.03. The van der Waals surface area contributed by atoms with Gasteiger partial charge in [-0.2, -0.15) is 17.5 Å². The smallest absolute Gasteiger partial charge is 0.185 e. The van der Waals surface area contributed by atoms with E-state index in [2.05, 4.69) is 27.5 Å². The highest BCUT2D eigenvalue weighted by Gasteiger charge is 2.15. The maximum Gasteiger partial charge on any atom is 0.185 e. The zero-order chi connectivity index (χ0) is 19.7. The van der Waals surface area contributed by atoms with Crippen LogP contribution in [0, 0.1) is 9.28 Å². The second-order valence-electron chi connectivity index (χ2n) is 5.06. The Balaban J connectivity index is 1.71. The van der Waals surface area contributed by atoms with Gasteiger partial charge in [-0.05, 0) is 34.5 Å². The lowest BCUT2D eigenvalue weighted by atomic mass is 10.5. The van der Waals surface area contributed by atoms with Crippen LogP contribution >= 0.6 is 88.1 Å². The van der Waals surface area contributed by atoms with Crippen molar-refractivity contribution in [3.63, 3.8) is 0 Å². The maximum absolute atomic E-state index is 5.41. The van der Waals surface area contributed by atoms with E-state index in [1.54, 1.807) is 0 Å². The number of fused-ring (bicyclic) bond motifs is 2. The van der Waals surface area contributed by atoms with Gasteiger partial charge in [-0.15, -0.1) is 0 Å². The molecule has 0 saturated heterocycles. The van der Waals surface area contributed by atoms with Crippen LogP contribution in [0.4, 0.5) is 0 Å². The topological polar surface area (TPSA) is 86.1 Å². The first kappa shape index (κ1) is 20.6. The Kier molecular flexibility index (Phi) is 6.66. The molecule has 0 aromatic carbocycles. The lowest BCUT2D eigenvalue weighted by molar-refractivity contribution is 0.704. The minimum atomic E-state index is 0.457. The highest BCUT2D eigenvalue weighted by atomic mass is 33.1. The molecule has 0 amide bonds. The van der Waals surface area contributed by atoms with Crippen molar-refractivity contribution in [2.45, 2.75) is 26.9 Å². The van der Waals surface area contributed by atoms with Crippen molar-refractivity contribution < 1.29 is 0 Å². The lowest BCUT2D eigenvalue weighted by Crippen LogP contribution is -2.24. The molecule has 28 heavy (non-hydrogen) atoms. The highest BCUT2D eigenvalue weighted by Crippen LogP contribution is 2.27. The van der Waals surface area contributed by atoms with E-state index < -0.39 is 0 Å². The van der Waals surface area contributed by atoms with Crippen LogP contribution < -0.4 is 11.0 Å². The average molecular weight is 523 g/mol. The lowest BCUT2D eigenvalue weighted by Gasteiger charge is -2.07. The summed E-state index contributed by atoms with van der Waals surface area (Å²) in [6.45, 7) is 5.47. The van der Waals surface area contributed by atoms with Crippen molar-refractivity contribution >= 4 is 88.1 Å². The van der Waals surface area contributed by atoms with Crippen LogP contribution in [-0.4, -0.2) is 27.8 Å². The first-order chi connectivity index (χ1) is 13.6. The van der Waals surface area contributed by atoms with E-state index in [4.69, 9.17) is 24.4 Å². The fourth-order valence-corrected chi connectivity index (χ4v) is 7.62. The first-order valence-corrected chi connectivity index (χ1v) is 14.9. The van der Waals surface area contributed by atoms with E-state index in [-0.39, 0.29) is 0 Å². The third-order valence-electron chi connectivity index (χ3n) is 3.59. The molecule has 0 spiro atoms. The molecular formula is C12H10N8S8. The predicted octanol–water partition coefficient (Wildman–Crippen LogP) is 4.54. The van der Waals surface area contributed by atoms with Gasteiger partial charge in [-0.1, -0.05) is 24.4 Å². The summed E-state index contributed by atoms with van der Waals surface area (Å²) in [6, 6.07) is 0. The number of nitrogens with zero attached hydrogens (tertiary/aromatic N) is 8. The molecule has 0 unspecified atom stereocenters. The molecule has 0 atom stereocenters. The van der Waals surface area contributed by atoms with Gasteiger partial charge in [0.05, 0.1) is 22.0 Å². The molecule has 4 heterocycles. The molecule has 0 bridgehead atoms. The van der Waals surface area contributed by atoms with Crippen LogP contribution in [0.2, 0.25) is 0 Å². The molecular weight excluding hydrogens is 513 g/mol. The van der Waals surface area contributed by atoms with E-state index in [0.717, 1.165) is 21.7 Å². The van der Waals surface area contributed by atoms with Gasteiger partial charge < -0.3 is 9.13 Å². The molecule has 0 fully saturated rings. The molecule has 0 aliphatic carbocycles. The summed E-state index contributed by atoms with van der Waals surface area (Å²) in [5.74, 6) is 1.62. The minimum Gasteiger partial charge on any atom is -0.305 e. The fraction of sp³-hybridized carbons (Fsp3) is 0.333. The van der Waals surface area contributed by atoms with E-state index in [0.29, 0.717) is 33.3 Å². The molecule has 0 radical (unpaired) electrons. The van der Waals surface area contributed by atoms with Crippen LogP contribution in [-0.2, 0) is 13.1 Å². The van der Waals surface area contributed by atoms with Gasteiger partial charge in [0.15, 0.2) is 41.9 Å². The minimum absolute atomic E-state index is 0.457. The third kappa shape index (κ3) is 3.88. The Labute approximate surface area is 192 Å². The molecule has 4 aliphatic heterocycles. The second-order valence-corrected chi connectivity index (χ2v) is 11.1. The van der Waals surface area contributed by atoms with E-state index in [1.165, 1.54) is 63.7 Å². The average Bonchev–Trinajstić information content (AvgIpc) is 3.33. The van der Waals surface area contributed by atoms with Gasteiger partial charge in [-0.3, -0.25) is 0 Å².